The first-order chi connectivity index (χ1) is 10.0. The van der Waals surface area contributed by atoms with Crippen molar-refractivity contribution < 1.29 is 0 Å². The predicted molar refractivity (Wildman–Crippen MR) is 90.2 cm³/mol. The first-order valence-corrected chi connectivity index (χ1v) is 8.87. The highest BCUT2D eigenvalue weighted by Gasteiger charge is 2.23. The van der Waals surface area contributed by atoms with Crippen molar-refractivity contribution in [3.63, 3.8) is 0 Å². The molecule has 122 valence electrons. The highest BCUT2D eigenvalue weighted by atomic mass is 15.1. The van der Waals surface area contributed by atoms with Gasteiger partial charge in [0.25, 0.3) is 0 Å². The van der Waals surface area contributed by atoms with Crippen molar-refractivity contribution in [2.24, 2.45) is 5.92 Å². The molecular formula is C18H35N3. The highest BCUT2D eigenvalue weighted by Crippen LogP contribution is 2.26. The summed E-state index contributed by atoms with van der Waals surface area (Å²) in [5.41, 5.74) is -0.339. The zero-order valence-electron chi connectivity index (χ0n) is 14.6. The Bertz CT molecular complexity index is 323. The smallest absolute Gasteiger partial charge is 0.103 e. The van der Waals surface area contributed by atoms with Gasteiger partial charge in [-0.25, -0.2) is 0 Å². The summed E-state index contributed by atoms with van der Waals surface area (Å²) in [7, 11) is 2.28. The highest BCUT2D eigenvalue weighted by molar-refractivity contribution is 5.03. The molecule has 0 amide bonds. The maximum atomic E-state index is 9.33. The lowest BCUT2D eigenvalue weighted by atomic mass is 9.86. The molecule has 0 aliphatic heterocycles. The average molecular weight is 293 g/mol. The van der Waals surface area contributed by atoms with E-state index < -0.39 is 0 Å². The van der Waals surface area contributed by atoms with Gasteiger partial charge < -0.3 is 4.90 Å². The molecule has 0 aromatic rings. The van der Waals surface area contributed by atoms with Crippen molar-refractivity contribution in [2.45, 2.75) is 83.7 Å². The lowest BCUT2D eigenvalue weighted by Crippen LogP contribution is -2.41. The summed E-state index contributed by atoms with van der Waals surface area (Å²) in [4.78, 5) is 2.55. The summed E-state index contributed by atoms with van der Waals surface area (Å²) >= 11 is 0. The molecule has 3 atom stereocenters. The van der Waals surface area contributed by atoms with Gasteiger partial charge >= 0.3 is 0 Å². The Kier molecular flexibility index (Phi) is 8.29. The van der Waals surface area contributed by atoms with Crippen molar-refractivity contribution in [1.82, 2.24) is 10.2 Å². The van der Waals surface area contributed by atoms with E-state index in [4.69, 9.17) is 0 Å². The minimum absolute atomic E-state index is 0.339. The minimum atomic E-state index is -0.339. The Morgan fingerprint density at radius 3 is 2.71 bits per heavy atom. The Morgan fingerprint density at radius 1 is 1.33 bits per heavy atom. The van der Waals surface area contributed by atoms with Crippen LogP contribution in [0.25, 0.3) is 0 Å². The monoisotopic (exact) mass is 293 g/mol. The quantitative estimate of drug-likeness (QED) is 0.654. The Morgan fingerprint density at radius 2 is 2.10 bits per heavy atom. The molecule has 1 N–H and O–H groups in total. The van der Waals surface area contributed by atoms with Crippen LogP contribution in [0.15, 0.2) is 0 Å². The van der Waals surface area contributed by atoms with Crippen molar-refractivity contribution in [2.75, 3.05) is 20.1 Å². The third-order valence-electron chi connectivity index (χ3n) is 4.98. The summed E-state index contributed by atoms with van der Waals surface area (Å²) in [5.74, 6) is 0.895. The van der Waals surface area contributed by atoms with E-state index in [9.17, 15) is 5.26 Å². The summed E-state index contributed by atoms with van der Waals surface area (Å²) < 4.78 is 0. The van der Waals surface area contributed by atoms with Crippen LogP contribution in [-0.4, -0.2) is 36.6 Å². The van der Waals surface area contributed by atoms with Crippen LogP contribution in [0.4, 0.5) is 0 Å². The van der Waals surface area contributed by atoms with Crippen molar-refractivity contribution >= 4 is 0 Å². The van der Waals surface area contributed by atoms with Crippen LogP contribution in [0.5, 0.6) is 0 Å². The van der Waals surface area contributed by atoms with Gasteiger partial charge in [-0.1, -0.05) is 26.7 Å². The van der Waals surface area contributed by atoms with Gasteiger partial charge in [-0.3, -0.25) is 5.32 Å². The summed E-state index contributed by atoms with van der Waals surface area (Å²) in [6.07, 6.45) is 9.91. The second-order valence-corrected chi connectivity index (χ2v) is 7.23. The molecule has 0 aromatic heterocycles. The molecule has 1 fully saturated rings. The number of hydrogen-bond donors (Lipinski definition) is 1. The lowest BCUT2D eigenvalue weighted by Gasteiger charge is -2.34. The van der Waals surface area contributed by atoms with E-state index in [-0.39, 0.29) is 5.54 Å². The number of hydrogen-bond acceptors (Lipinski definition) is 3. The largest absolute Gasteiger partial charge is 0.303 e. The molecule has 0 bridgehead atoms. The third kappa shape index (κ3) is 6.80. The lowest BCUT2D eigenvalue weighted by molar-refractivity contribution is 0.161. The number of rotatable bonds is 9. The van der Waals surface area contributed by atoms with Crippen molar-refractivity contribution in [3.05, 3.63) is 0 Å². The third-order valence-corrected chi connectivity index (χ3v) is 4.98. The van der Waals surface area contributed by atoms with Crippen molar-refractivity contribution in [1.29, 1.82) is 5.26 Å². The molecular weight excluding hydrogens is 258 g/mol. The van der Waals surface area contributed by atoms with Gasteiger partial charge in [-0.15, -0.1) is 0 Å². The Hall–Kier alpha value is -0.590. The zero-order valence-corrected chi connectivity index (χ0v) is 14.6. The van der Waals surface area contributed by atoms with E-state index in [1.54, 1.807) is 0 Å². The summed E-state index contributed by atoms with van der Waals surface area (Å²) in [6.45, 7) is 8.68. The molecule has 1 rings (SSSR count). The standard InChI is InChI=1S/C18H35N3/c1-5-12-20-18(3,15-19)11-6-7-13-21(4)17-10-8-9-16(2)14-17/h16-17,20H,5-14H2,1-4H3. The second-order valence-electron chi connectivity index (χ2n) is 7.23. The topological polar surface area (TPSA) is 39.1 Å². The van der Waals surface area contributed by atoms with Gasteiger partial charge in [0.1, 0.15) is 5.54 Å². The number of unbranched alkanes of at least 4 members (excludes halogenated alkanes) is 1. The van der Waals surface area contributed by atoms with E-state index in [0.717, 1.165) is 37.8 Å². The minimum Gasteiger partial charge on any atom is -0.303 e. The molecule has 0 spiro atoms. The van der Waals surface area contributed by atoms with Crippen molar-refractivity contribution in [3.8, 4) is 6.07 Å². The van der Waals surface area contributed by atoms with Gasteiger partial charge in [-0.05, 0) is 71.5 Å². The molecule has 0 radical (unpaired) electrons. The van der Waals surface area contributed by atoms with Crippen LogP contribution in [0, 0.1) is 17.2 Å². The molecule has 21 heavy (non-hydrogen) atoms. The van der Waals surface area contributed by atoms with Crippen LogP contribution in [-0.2, 0) is 0 Å². The van der Waals surface area contributed by atoms with E-state index in [1.165, 1.54) is 38.6 Å². The van der Waals surface area contributed by atoms with Gasteiger partial charge in [0.05, 0.1) is 6.07 Å². The predicted octanol–water partition coefficient (Wildman–Crippen LogP) is 3.95. The fraction of sp³-hybridized carbons (Fsp3) is 0.944. The van der Waals surface area contributed by atoms with Crippen LogP contribution in [0.1, 0.15) is 72.1 Å². The van der Waals surface area contributed by atoms with Gasteiger partial charge in [0, 0.05) is 6.04 Å². The molecule has 0 aromatic carbocycles. The molecule has 0 heterocycles. The maximum Gasteiger partial charge on any atom is 0.103 e. The first kappa shape index (κ1) is 18.5. The molecule has 1 saturated carbocycles. The number of nitriles is 1. The molecule has 1 aliphatic carbocycles. The van der Waals surface area contributed by atoms with Crippen LogP contribution < -0.4 is 5.32 Å². The zero-order chi connectivity index (χ0) is 15.7. The molecule has 3 unspecified atom stereocenters. The molecule has 1 aliphatic rings. The summed E-state index contributed by atoms with van der Waals surface area (Å²) in [5, 5.41) is 12.7. The maximum absolute atomic E-state index is 9.33. The normalized spacial score (nSPS) is 25.5. The van der Waals surface area contributed by atoms with E-state index in [0.29, 0.717) is 0 Å². The molecule has 3 heteroatoms. The van der Waals surface area contributed by atoms with Gasteiger partial charge in [0.15, 0.2) is 0 Å². The number of nitrogens with zero attached hydrogens (tertiary/aromatic N) is 2. The van der Waals surface area contributed by atoms with E-state index in [2.05, 4.69) is 37.2 Å². The summed E-state index contributed by atoms with van der Waals surface area (Å²) in [6, 6.07) is 3.23. The van der Waals surface area contributed by atoms with E-state index >= 15 is 0 Å². The van der Waals surface area contributed by atoms with Crippen LogP contribution >= 0.6 is 0 Å². The SMILES string of the molecule is CCCNC(C)(C#N)CCCCN(C)C1CCCC(C)C1. The fourth-order valence-electron chi connectivity index (χ4n) is 3.41. The second kappa shape index (κ2) is 9.43. The number of nitrogens with one attached hydrogen (secondary N) is 1. The average Bonchev–Trinajstić information content (AvgIpc) is 2.49. The Labute approximate surface area is 132 Å². The van der Waals surface area contributed by atoms with Crippen LogP contribution in [0.3, 0.4) is 0 Å². The van der Waals surface area contributed by atoms with Gasteiger partial charge in [0.2, 0.25) is 0 Å². The van der Waals surface area contributed by atoms with E-state index in [1.807, 2.05) is 6.92 Å². The van der Waals surface area contributed by atoms with Crippen LogP contribution in [0.2, 0.25) is 0 Å². The fourth-order valence-corrected chi connectivity index (χ4v) is 3.41. The first-order valence-electron chi connectivity index (χ1n) is 8.87. The molecule has 3 nitrogen and oxygen atoms in total. The van der Waals surface area contributed by atoms with Gasteiger partial charge in [-0.2, -0.15) is 5.26 Å². The Balaban J connectivity index is 2.21. The molecule has 0 saturated heterocycles.